The van der Waals surface area contributed by atoms with E-state index in [1.54, 1.807) is 6.07 Å². The van der Waals surface area contributed by atoms with E-state index < -0.39 is 17.8 Å². The third-order valence-corrected chi connectivity index (χ3v) is 1.73. The molecule has 0 fully saturated rings. The van der Waals surface area contributed by atoms with Gasteiger partial charge in [0.1, 0.15) is 11.8 Å². The molecule has 2 N–H and O–H groups in total. The van der Waals surface area contributed by atoms with Crippen molar-refractivity contribution >= 4 is 5.69 Å². The Bertz CT molecular complexity index is 513. The molecule has 0 radical (unpaired) electrons. The smallest absolute Gasteiger partial charge is 0.403 e. The second-order valence-electron chi connectivity index (χ2n) is 2.87. The minimum Gasteiger partial charge on any atom is -0.403 e. The van der Waals surface area contributed by atoms with Crippen LogP contribution >= 0.6 is 0 Å². The summed E-state index contributed by atoms with van der Waals surface area (Å²) in [5.41, 5.74) is 4.28. The maximum Gasteiger partial charge on any atom is 0.573 e. The highest BCUT2D eigenvalue weighted by molar-refractivity contribution is 5.63. The second-order valence-corrected chi connectivity index (χ2v) is 2.87. The van der Waals surface area contributed by atoms with Crippen molar-refractivity contribution < 1.29 is 17.9 Å². The van der Waals surface area contributed by atoms with Crippen molar-refractivity contribution in [1.29, 1.82) is 10.5 Å². The van der Waals surface area contributed by atoms with Gasteiger partial charge in [-0.3, -0.25) is 0 Å². The van der Waals surface area contributed by atoms with E-state index in [-0.39, 0.29) is 17.7 Å². The van der Waals surface area contributed by atoms with Crippen LogP contribution in [0.15, 0.2) is 6.20 Å². The third-order valence-electron chi connectivity index (χ3n) is 1.73. The zero-order valence-electron chi connectivity index (χ0n) is 8.25. The molecule has 0 unspecified atom stereocenters. The monoisotopic (exact) mass is 242 g/mol. The summed E-state index contributed by atoms with van der Waals surface area (Å²) in [7, 11) is 0. The Morgan fingerprint density at radius 3 is 2.53 bits per heavy atom. The van der Waals surface area contributed by atoms with Gasteiger partial charge in [0.05, 0.1) is 12.5 Å². The number of hydrogen-bond donors (Lipinski definition) is 1. The quantitative estimate of drug-likeness (QED) is 0.847. The van der Waals surface area contributed by atoms with Crippen LogP contribution in [-0.4, -0.2) is 11.3 Å². The van der Waals surface area contributed by atoms with Crippen molar-refractivity contribution in [3.8, 4) is 17.9 Å². The number of anilines is 1. The van der Waals surface area contributed by atoms with Crippen LogP contribution in [0, 0.1) is 22.7 Å². The first-order valence-corrected chi connectivity index (χ1v) is 4.19. The van der Waals surface area contributed by atoms with Crippen LogP contribution in [0.1, 0.15) is 11.3 Å². The van der Waals surface area contributed by atoms with Crippen LogP contribution in [0.25, 0.3) is 0 Å². The van der Waals surface area contributed by atoms with Crippen molar-refractivity contribution in [3.63, 3.8) is 0 Å². The number of hydrogen-bond acceptors (Lipinski definition) is 5. The van der Waals surface area contributed by atoms with E-state index in [0.29, 0.717) is 0 Å². The first-order chi connectivity index (χ1) is 7.89. The Kier molecular flexibility index (Phi) is 3.39. The molecule has 0 atom stereocenters. The van der Waals surface area contributed by atoms with Crippen LogP contribution < -0.4 is 10.5 Å². The number of nitrogens with two attached hydrogens (primary N) is 1. The van der Waals surface area contributed by atoms with E-state index in [1.165, 1.54) is 6.07 Å². The van der Waals surface area contributed by atoms with E-state index in [9.17, 15) is 13.2 Å². The Hall–Kier alpha value is -2.48. The number of aromatic nitrogens is 1. The van der Waals surface area contributed by atoms with Gasteiger partial charge in [-0.15, -0.1) is 13.2 Å². The average molecular weight is 242 g/mol. The molecule has 0 spiro atoms. The predicted octanol–water partition coefficient (Wildman–Crippen LogP) is 1.50. The highest BCUT2D eigenvalue weighted by atomic mass is 19.4. The number of ether oxygens (including phenoxy) is 1. The summed E-state index contributed by atoms with van der Waals surface area (Å²) < 4.78 is 40.0. The van der Waals surface area contributed by atoms with Crippen molar-refractivity contribution in [2.75, 3.05) is 5.73 Å². The molecule has 0 saturated carbocycles. The number of nitrogens with zero attached hydrogens (tertiary/aromatic N) is 3. The van der Waals surface area contributed by atoms with Gasteiger partial charge in [-0.1, -0.05) is 0 Å². The largest absolute Gasteiger partial charge is 0.573 e. The summed E-state index contributed by atoms with van der Waals surface area (Å²) >= 11 is 0. The SMILES string of the molecule is N#CCc1cnc(C#N)c(N)c1OC(F)(F)F. The number of pyridine rings is 1. The molecule has 0 aromatic carbocycles. The first kappa shape index (κ1) is 12.6. The molecule has 0 bridgehead atoms. The molecule has 1 aromatic heterocycles. The van der Waals surface area contributed by atoms with E-state index in [2.05, 4.69) is 9.72 Å². The van der Waals surface area contributed by atoms with E-state index in [1.807, 2.05) is 0 Å². The van der Waals surface area contributed by atoms with Crippen molar-refractivity contribution in [2.45, 2.75) is 12.8 Å². The zero-order valence-corrected chi connectivity index (χ0v) is 8.25. The molecular formula is C9H5F3N4O. The van der Waals surface area contributed by atoms with Gasteiger partial charge in [0.2, 0.25) is 0 Å². The topological polar surface area (TPSA) is 95.7 Å². The first-order valence-electron chi connectivity index (χ1n) is 4.19. The Morgan fingerprint density at radius 1 is 1.41 bits per heavy atom. The molecule has 8 heteroatoms. The van der Waals surface area contributed by atoms with Gasteiger partial charge in [0.25, 0.3) is 0 Å². The van der Waals surface area contributed by atoms with E-state index in [0.717, 1.165) is 6.20 Å². The van der Waals surface area contributed by atoms with Crippen LogP contribution in [0.5, 0.6) is 5.75 Å². The minimum absolute atomic E-state index is 0.124. The molecule has 1 aromatic rings. The van der Waals surface area contributed by atoms with Gasteiger partial charge in [0.15, 0.2) is 11.4 Å². The molecule has 0 amide bonds. The van der Waals surface area contributed by atoms with Crippen LogP contribution in [0.2, 0.25) is 0 Å². The number of rotatable bonds is 2. The summed E-state index contributed by atoms with van der Waals surface area (Å²) in [6.07, 6.45) is -4.35. The molecule has 1 rings (SSSR count). The summed E-state index contributed by atoms with van der Waals surface area (Å²) in [5, 5.41) is 17.0. The molecular weight excluding hydrogens is 237 g/mol. The Labute approximate surface area is 93.8 Å². The van der Waals surface area contributed by atoms with Crippen LogP contribution in [0.3, 0.4) is 0 Å². The summed E-state index contributed by atoms with van der Waals surface area (Å²) in [6.45, 7) is 0. The molecule has 0 aliphatic carbocycles. The lowest BCUT2D eigenvalue weighted by Crippen LogP contribution is -2.19. The van der Waals surface area contributed by atoms with E-state index in [4.69, 9.17) is 16.3 Å². The van der Waals surface area contributed by atoms with E-state index >= 15 is 0 Å². The van der Waals surface area contributed by atoms with Gasteiger partial charge in [0, 0.05) is 11.8 Å². The number of nitriles is 2. The highest BCUT2D eigenvalue weighted by Crippen LogP contribution is 2.33. The fourth-order valence-electron chi connectivity index (χ4n) is 1.09. The van der Waals surface area contributed by atoms with Gasteiger partial charge < -0.3 is 10.5 Å². The minimum atomic E-state index is -4.95. The van der Waals surface area contributed by atoms with Crippen molar-refractivity contribution in [2.24, 2.45) is 0 Å². The zero-order chi connectivity index (χ0) is 13.1. The third kappa shape index (κ3) is 2.98. The van der Waals surface area contributed by atoms with Gasteiger partial charge >= 0.3 is 6.36 Å². The van der Waals surface area contributed by atoms with Crippen LogP contribution in [0.4, 0.5) is 18.9 Å². The van der Waals surface area contributed by atoms with Crippen molar-refractivity contribution in [3.05, 3.63) is 17.5 Å². The maximum absolute atomic E-state index is 12.1. The lowest BCUT2D eigenvalue weighted by molar-refractivity contribution is -0.274. The standard InChI is InChI=1S/C9H5F3N4O/c10-9(11,12)17-8-5(1-2-13)4-16-6(3-14)7(8)15/h4H,1,15H2. The van der Waals surface area contributed by atoms with Gasteiger partial charge in [-0.2, -0.15) is 10.5 Å². The molecule has 0 saturated heterocycles. The second kappa shape index (κ2) is 4.58. The lowest BCUT2D eigenvalue weighted by Gasteiger charge is -2.14. The molecule has 0 aliphatic rings. The number of alkyl halides is 3. The van der Waals surface area contributed by atoms with Gasteiger partial charge in [-0.25, -0.2) is 4.98 Å². The summed E-state index contributed by atoms with van der Waals surface area (Å²) in [5.74, 6) is -0.745. The molecule has 0 aliphatic heterocycles. The fraction of sp³-hybridized carbons (Fsp3) is 0.222. The molecule has 1 heterocycles. The van der Waals surface area contributed by atoms with Crippen molar-refractivity contribution in [1.82, 2.24) is 4.98 Å². The maximum atomic E-state index is 12.1. The van der Waals surface area contributed by atoms with Gasteiger partial charge in [-0.05, 0) is 0 Å². The highest BCUT2D eigenvalue weighted by Gasteiger charge is 2.33. The molecule has 88 valence electrons. The lowest BCUT2D eigenvalue weighted by atomic mass is 10.1. The number of nitrogen functional groups attached to an aromatic ring is 1. The summed E-state index contributed by atoms with van der Waals surface area (Å²) in [4.78, 5) is 3.52. The Morgan fingerprint density at radius 2 is 2.06 bits per heavy atom. The summed E-state index contributed by atoms with van der Waals surface area (Å²) in [6, 6.07) is 3.17. The normalized spacial score (nSPS) is 10.4. The van der Waals surface area contributed by atoms with Crippen LogP contribution in [-0.2, 0) is 6.42 Å². The number of halogens is 3. The predicted molar refractivity (Wildman–Crippen MR) is 49.4 cm³/mol. The molecule has 5 nitrogen and oxygen atoms in total. The Balaban J connectivity index is 3.32. The fourth-order valence-corrected chi connectivity index (χ4v) is 1.09. The molecule has 17 heavy (non-hydrogen) atoms. The average Bonchev–Trinajstić information content (AvgIpc) is 2.22.